The Balaban J connectivity index is 2.48. The van der Waals surface area contributed by atoms with Crippen molar-refractivity contribution in [3.8, 4) is 0 Å². The van der Waals surface area contributed by atoms with E-state index >= 15 is 0 Å². The molecule has 0 aliphatic rings. The van der Waals surface area contributed by atoms with Gasteiger partial charge in [-0.3, -0.25) is 0 Å². The molecule has 0 radical (unpaired) electrons. The normalized spacial score (nSPS) is 14.5. The van der Waals surface area contributed by atoms with Gasteiger partial charge in [0.2, 0.25) is 0 Å². The lowest BCUT2D eigenvalue weighted by Gasteiger charge is -2.23. The molecule has 17 heavy (non-hydrogen) atoms. The average Bonchev–Trinajstić information content (AvgIpc) is 2.38. The Kier molecular flexibility index (Phi) is 6.86. The SMILES string of the molecule is CCC(COC)NC(CO)Cc1ccccc1. The van der Waals surface area contributed by atoms with Crippen LogP contribution < -0.4 is 5.32 Å². The average molecular weight is 237 g/mol. The van der Waals surface area contributed by atoms with Crippen molar-refractivity contribution in [2.45, 2.75) is 31.8 Å². The zero-order valence-electron chi connectivity index (χ0n) is 10.7. The Morgan fingerprint density at radius 1 is 1.24 bits per heavy atom. The monoisotopic (exact) mass is 237 g/mol. The lowest BCUT2D eigenvalue weighted by Crippen LogP contribution is -2.43. The zero-order valence-corrected chi connectivity index (χ0v) is 10.7. The maximum atomic E-state index is 9.40. The van der Waals surface area contributed by atoms with Crippen LogP contribution in [0.1, 0.15) is 18.9 Å². The van der Waals surface area contributed by atoms with Crippen LogP contribution in [0.3, 0.4) is 0 Å². The molecule has 0 spiro atoms. The third kappa shape index (κ3) is 5.31. The second-order valence-corrected chi connectivity index (χ2v) is 4.30. The fraction of sp³-hybridized carbons (Fsp3) is 0.571. The number of ether oxygens (including phenoxy) is 1. The molecule has 0 aromatic heterocycles. The first kappa shape index (κ1) is 14.2. The van der Waals surface area contributed by atoms with Crippen LogP contribution in [0.25, 0.3) is 0 Å². The van der Waals surface area contributed by atoms with Gasteiger partial charge in [0.1, 0.15) is 0 Å². The highest BCUT2D eigenvalue weighted by Gasteiger charge is 2.13. The van der Waals surface area contributed by atoms with Crippen LogP contribution in [0.4, 0.5) is 0 Å². The van der Waals surface area contributed by atoms with E-state index in [1.807, 2.05) is 18.2 Å². The summed E-state index contributed by atoms with van der Waals surface area (Å²) in [6.45, 7) is 2.95. The molecular weight excluding hydrogens is 214 g/mol. The summed E-state index contributed by atoms with van der Waals surface area (Å²) in [6, 6.07) is 10.6. The van der Waals surface area contributed by atoms with Crippen LogP contribution in [-0.4, -0.2) is 37.5 Å². The molecule has 0 saturated heterocycles. The van der Waals surface area contributed by atoms with Crippen LogP contribution in [0.15, 0.2) is 30.3 Å². The summed E-state index contributed by atoms with van der Waals surface area (Å²) < 4.78 is 5.15. The zero-order chi connectivity index (χ0) is 12.5. The van der Waals surface area contributed by atoms with E-state index < -0.39 is 0 Å². The van der Waals surface area contributed by atoms with Crippen molar-refractivity contribution in [1.82, 2.24) is 5.32 Å². The van der Waals surface area contributed by atoms with Gasteiger partial charge in [0.15, 0.2) is 0 Å². The Morgan fingerprint density at radius 2 is 1.94 bits per heavy atom. The van der Waals surface area contributed by atoms with E-state index in [-0.39, 0.29) is 12.6 Å². The number of benzene rings is 1. The van der Waals surface area contributed by atoms with E-state index in [9.17, 15) is 5.11 Å². The largest absolute Gasteiger partial charge is 0.395 e. The third-order valence-corrected chi connectivity index (χ3v) is 2.88. The van der Waals surface area contributed by atoms with Crippen LogP contribution in [0, 0.1) is 0 Å². The summed E-state index contributed by atoms with van der Waals surface area (Å²) in [5.74, 6) is 0. The van der Waals surface area contributed by atoms with Crippen LogP contribution in [-0.2, 0) is 11.2 Å². The lowest BCUT2D eigenvalue weighted by atomic mass is 10.1. The van der Waals surface area contributed by atoms with E-state index in [4.69, 9.17) is 4.74 Å². The molecule has 1 aromatic rings. The molecule has 0 bridgehead atoms. The van der Waals surface area contributed by atoms with Crippen molar-refractivity contribution in [3.05, 3.63) is 35.9 Å². The van der Waals surface area contributed by atoms with E-state index in [0.29, 0.717) is 12.6 Å². The summed E-state index contributed by atoms with van der Waals surface area (Å²) in [7, 11) is 1.70. The summed E-state index contributed by atoms with van der Waals surface area (Å²) in [5.41, 5.74) is 1.24. The minimum atomic E-state index is 0.0949. The van der Waals surface area contributed by atoms with Gasteiger partial charge in [-0.25, -0.2) is 0 Å². The molecule has 0 aliphatic heterocycles. The van der Waals surface area contributed by atoms with Gasteiger partial charge in [-0.15, -0.1) is 0 Å². The molecular formula is C14H23NO2. The minimum absolute atomic E-state index is 0.0949. The fourth-order valence-electron chi connectivity index (χ4n) is 1.89. The number of methoxy groups -OCH3 is 1. The third-order valence-electron chi connectivity index (χ3n) is 2.88. The van der Waals surface area contributed by atoms with Crippen LogP contribution in [0.5, 0.6) is 0 Å². The Bertz CT molecular complexity index is 290. The number of rotatable bonds is 8. The molecule has 3 heteroatoms. The predicted octanol–water partition coefficient (Wildman–Crippen LogP) is 1.60. The molecule has 0 aliphatic carbocycles. The standard InChI is InChI=1S/C14H23NO2/c1-3-13(11-17-2)15-14(10-16)9-12-7-5-4-6-8-12/h4-8,13-16H,3,9-11H2,1-2H3. The number of aliphatic hydroxyl groups excluding tert-OH is 1. The van der Waals surface area contributed by atoms with Gasteiger partial charge in [0, 0.05) is 19.2 Å². The predicted molar refractivity (Wildman–Crippen MR) is 70.1 cm³/mol. The quantitative estimate of drug-likeness (QED) is 0.721. The van der Waals surface area contributed by atoms with E-state index in [1.165, 1.54) is 5.56 Å². The smallest absolute Gasteiger partial charge is 0.0615 e. The van der Waals surface area contributed by atoms with Crippen LogP contribution >= 0.6 is 0 Å². The maximum Gasteiger partial charge on any atom is 0.0615 e. The molecule has 96 valence electrons. The second kappa shape index (κ2) is 8.23. The van der Waals surface area contributed by atoms with Crippen molar-refractivity contribution >= 4 is 0 Å². The van der Waals surface area contributed by atoms with Crippen molar-refractivity contribution < 1.29 is 9.84 Å². The van der Waals surface area contributed by atoms with Crippen molar-refractivity contribution in [3.63, 3.8) is 0 Å². The lowest BCUT2D eigenvalue weighted by molar-refractivity contribution is 0.146. The molecule has 1 aromatic carbocycles. The van der Waals surface area contributed by atoms with Crippen LogP contribution in [0.2, 0.25) is 0 Å². The van der Waals surface area contributed by atoms with Gasteiger partial charge in [-0.1, -0.05) is 37.3 Å². The molecule has 0 saturated carbocycles. The summed E-state index contributed by atoms with van der Waals surface area (Å²) >= 11 is 0. The maximum absolute atomic E-state index is 9.40. The van der Waals surface area contributed by atoms with Gasteiger partial charge in [0.05, 0.1) is 13.2 Å². The Morgan fingerprint density at radius 3 is 2.47 bits per heavy atom. The molecule has 2 atom stereocenters. The highest BCUT2D eigenvalue weighted by Crippen LogP contribution is 2.04. The summed E-state index contributed by atoms with van der Waals surface area (Å²) in [6.07, 6.45) is 1.84. The fourth-order valence-corrected chi connectivity index (χ4v) is 1.89. The number of nitrogens with one attached hydrogen (secondary N) is 1. The van der Waals surface area contributed by atoms with E-state index in [1.54, 1.807) is 7.11 Å². The van der Waals surface area contributed by atoms with Crippen molar-refractivity contribution in [1.29, 1.82) is 0 Å². The number of hydrogen-bond donors (Lipinski definition) is 2. The van der Waals surface area contributed by atoms with Crippen molar-refractivity contribution in [2.75, 3.05) is 20.3 Å². The number of hydrogen-bond acceptors (Lipinski definition) is 3. The minimum Gasteiger partial charge on any atom is -0.395 e. The highest BCUT2D eigenvalue weighted by atomic mass is 16.5. The molecule has 1 rings (SSSR count). The first-order valence-electron chi connectivity index (χ1n) is 6.19. The highest BCUT2D eigenvalue weighted by molar-refractivity contribution is 5.15. The first-order chi connectivity index (χ1) is 8.30. The second-order valence-electron chi connectivity index (χ2n) is 4.30. The van der Waals surface area contributed by atoms with Gasteiger partial charge in [-0.05, 0) is 18.4 Å². The van der Waals surface area contributed by atoms with E-state index in [0.717, 1.165) is 12.8 Å². The Labute approximate surface area is 104 Å². The van der Waals surface area contributed by atoms with Gasteiger partial charge >= 0.3 is 0 Å². The van der Waals surface area contributed by atoms with Gasteiger partial charge in [-0.2, -0.15) is 0 Å². The van der Waals surface area contributed by atoms with Crippen molar-refractivity contribution in [2.24, 2.45) is 0 Å². The first-order valence-corrected chi connectivity index (χ1v) is 6.19. The van der Waals surface area contributed by atoms with Gasteiger partial charge < -0.3 is 15.2 Å². The van der Waals surface area contributed by atoms with Gasteiger partial charge in [0.25, 0.3) is 0 Å². The molecule has 0 heterocycles. The molecule has 0 amide bonds. The van der Waals surface area contributed by atoms with E-state index in [2.05, 4.69) is 24.4 Å². The molecule has 2 N–H and O–H groups in total. The molecule has 3 nitrogen and oxygen atoms in total. The number of aliphatic hydroxyl groups is 1. The summed E-state index contributed by atoms with van der Waals surface area (Å²) in [5, 5.41) is 12.8. The molecule has 2 unspecified atom stereocenters. The summed E-state index contributed by atoms with van der Waals surface area (Å²) in [4.78, 5) is 0. The topological polar surface area (TPSA) is 41.5 Å². The molecule has 0 fully saturated rings. The Hall–Kier alpha value is -0.900.